The summed E-state index contributed by atoms with van der Waals surface area (Å²) < 4.78 is 0. The molecule has 1 amide bonds. The number of nitrogens with zero attached hydrogens (tertiary/aromatic N) is 1. The SMILES string of the molecule is CC(C)CCC[C@H](C)[C@H]1CC[C@H]2[C@@H]3[C@@H](C)C[C@H]4N(C)C(=O)CC[C@]4(C)[C@H]3CC[C@]12C. The van der Waals surface area contributed by atoms with Crippen molar-refractivity contribution < 1.29 is 4.79 Å². The molecular formula is C28H49NO. The van der Waals surface area contributed by atoms with Crippen LogP contribution in [0.2, 0.25) is 0 Å². The summed E-state index contributed by atoms with van der Waals surface area (Å²) in [7, 11) is 2.09. The van der Waals surface area contributed by atoms with Gasteiger partial charge in [0.1, 0.15) is 0 Å². The number of likely N-dealkylation sites (tertiary alicyclic amines) is 1. The first kappa shape index (κ1) is 22.7. The minimum Gasteiger partial charge on any atom is -0.342 e. The van der Waals surface area contributed by atoms with Gasteiger partial charge in [-0.3, -0.25) is 4.79 Å². The number of piperidine rings is 1. The number of carbonyl (C=O) groups is 1. The van der Waals surface area contributed by atoms with E-state index in [9.17, 15) is 4.79 Å². The molecule has 0 radical (unpaired) electrons. The molecule has 0 aromatic rings. The van der Waals surface area contributed by atoms with E-state index in [0.29, 0.717) is 22.8 Å². The van der Waals surface area contributed by atoms with E-state index in [1.165, 1.54) is 51.4 Å². The van der Waals surface area contributed by atoms with Crippen LogP contribution in [0, 0.1) is 52.3 Å². The Morgan fingerprint density at radius 2 is 1.70 bits per heavy atom. The molecule has 172 valence electrons. The van der Waals surface area contributed by atoms with Gasteiger partial charge in [-0.1, -0.05) is 60.8 Å². The third kappa shape index (κ3) is 3.47. The molecule has 9 atom stereocenters. The topological polar surface area (TPSA) is 20.3 Å². The van der Waals surface area contributed by atoms with Crippen molar-refractivity contribution in [3.63, 3.8) is 0 Å². The van der Waals surface area contributed by atoms with Gasteiger partial charge in [-0.05, 0) is 90.8 Å². The first-order chi connectivity index (χ1) is 14.1. The highest BCUT2D eigenvalue weighted by Gasteiger charge is 2.63. The minimum absolute atomic E-state index is 0.349. The van der Waals surface area contributed by atoms with Crippen LogP contribution in [0.1, 0.15) is 106 Å². The van der Waals surface area contributed by atoms with Crippen LogP contribution in [-0.2, 0) is 4.79 Å². The fourth-order valence-electron chi connectivity index (χ4n) is 9.49. The highest BCUT2D eigenvalue weighted by molar-refractivity contribution is 5.77. The number of hydrogen-bond donors (Lipinski definition) is 0. The zero-order valence-corrected chi connectivity index (χ0v) is 21.0. The van der Waals surface area contributed by atoms with Crippen LogP contribution in [0.25, 0.3) is 0 Å². The first-order valence-corrected chi connectivity index (χ1v) is 13.3. The lowest BCUT2D eigenvalue weighted by atomic mass is 9.44. The number of amides is 1. The van der Waals surface area contributed by atoms with E-state index in [1.54, 1.807) is 0 Å². The van der Waals surface area contributed by atoms with E-state index in [0.717, 1.165) is 54.3 Å². The zero-order valence-electron chi connectivity index (χ0n) is 21.0. The lowest BCUT2D eigenvalue weighted by Gasteiger charge is -2.64. The second-order valence-corrected chi connectivity index (χ2v) is 13.1. The predicted octanol–water partition coefficient (Wildman–Crippen LogP) is 7.17. The summed E-state index contributed by atoms with van der Waals surface area (Å²) >= 11 is 0. The zero-order chi connectivity index (χ0) is 21.8. The average molecular weight is 416 g/mol. The molecule has 2 heteroatoms. The van der Waals surface area contributed by atoms with Gasteiger partial charge in [-0.25, -0.2) is 0 Å². The van der Waals surface area contributed by atoms with Gasteiger partial charge in [0.15, 0.2) is 0 Å². The molecule has 2 nitrogen and oxygen atoms in total. The van der Waals surface area contributed by atoms with Gasteiger partial charge in [0.2, 0.25) is 5.91 Å². The normalized spacial score (nSPS) is 47.1. The summed E-state index contributed by atoms with van der Waals surface area (Å²) in [5, 5.41) is 0. The van der Waals surface area contributed by atoms with Gasteiger partial charge >= 0.3 is 0 Å². The molecule has 3 saturated carbocycles. The lowest BCUT2D eigenvalue weighted by molar-refractivity contribution is -0.167. The Morgan fingerprint density at radius 3 is 2.40 bits per heavy atom. The molecule has 4 fully saturated rings. The predicted molar refractivity (Wildman–Crippen MR) is 126 cm³/mol. The Bertz CT molecular complexity index is 643. The maximum absolute atomic E-state index is 12.5. The Hall–Kier alpha value is -0.530. The first-order valence-electron chi connectivity index (χ1n) is 13.3. The fourth-order valence-corrected chi connectivity index (χ4v) is 9.49. The molecule has 0 aromatic carbocycles. The van der Waals surface area contributed by atoms with Crippen molar-refractivity contribution in [3.8, 4) is 0 Å². The number of hydrogen-bond acceptors (Lipinski definition) is 1. The molecule has 0 aromatic heterocycles. The molecule has 0 bridgehead atoms. The van der Waals surface area contributed by atoms with Crippen molar-refractivity contribution in [1.82, 2.24) is 4.90 Å². The third-order valence-electron chi connectivity index (χ3n) is 11.1. The van der Waals surface area contributed by atoms with Crippen LogP contribution >= 0.6 is 0 Å². The molecule has 0 unspecified atom stereocenters. The van der Waals surface area contributed by atoms with Crippen molar-refractivity contribution in [1.29, 1.82) is 0 Å². The average Bonchev–Trinajstić information content (AvgIpc) is 3.03. The molecule has 4 rings (SSSR count). The van der Waals surface area contributed by atoms with Gasteiger partial charge in [-0.15, -0.1) is 0 Å². The molecule has 1 saturated heterocycles. The van der Waals surface area contributed by atoms with Crippen molar-refractivity contribution in [2.75, 3.05) is 7.05 Å². The Labute approximate surface area is 186 Å². The molecule has 0 N–H and O–H groups in total. The van der Waals surface area contributed by atoms with Crippen LogP contribution in [0.3, 0.4) is 0 Å². The Morgan fingerprint density at radius 1 is 1.00 bits per heavy atom. The Balaban J connectivity index is 1.53. The molecule has 0 spiro atoms. The second-order valence-electron chi connectivity index (χ2n) is 13.1. The van der Waals surface area contributed by atoms with E-state index in [4.69, 9.17) is 0 Å². The molecule has 1 heterocycles. The second kappa shape index (κ2) is 8.11. The molecule has 1 aliphatic heterocycles. The van der Waals surface area contributed by atoms with Gasteiger partial charge in [-0.2, -0.15) is 0 Å². The van der Waals surface area contributed by atoms with E-state index in [1.807, 2.05) is 0 Å². The molecule has 4 aliphatic rings. The maximum Gasteiger partial charge on any atom is 0.222 e. The largest absolute Gasteiger partial charge is 0.342 e. The molecule has 3 aliphatic carbocycles. The quantitative estimate of drug-likeness (QED) is 0.466. The van der Waals surface area contributed by atoms with E-state index < -0.39 is 0 Å². The smallest absolute Gasteiger partial charge is 0.222 e. The highest BCUT2D eigenvalue weighted by Crippen LogP contribution is 2.68. The summed E-state index contributed by atoms with van der Waals surface area (Å²) in [6, 6.07) is 0.478. The summed E-state index contributed by atoms with van der Waals surface area (Å²) in [6.45, 7) is 15.1. The summed E-state index contributed by atoms with van der Waals surface area (Å²) in [5.41, 5.74) is 0.911. The van der Waals surface area contributed by atoms with E-state index >= 15 is 0 Å². The van der Waals surface area contributed by atoms with Crippen LogP contribution in [0.15, 0.2) is 0 Å². The highest BCUT2D eigenvalue weighted by atomic mass is 16.2. The van der Waals surface area contributed by atoms with Crippen molar-refractivity contribution >= 4 is 5.91 Å². The number of fused-ring (bicyclic) bond motifs is 5. The van der Waals surface area contributed by atoms with E-state index in [-0.39, 0.29) is 0 Å². The van der Waals surface area contributed by atoms with Crippen molar-refractivity contribution in [2.45, 2.75) is 112 Å². The fraction of sp³-hybridized carbons (Fsp3) is 0.964. The minimum atomic E-state index is 0.349. The van der Waals surface area contributed by atoms with E-state index in [2.05, 4.69) is 53.5 Å². The van der Waals surface area contributed by atoms with Gasteiger partial charge in [0.05, 0.1) is 0 Å². The van der Waals surface area contributed by atoms with Crippen molar-refractivity contribution in [3.05, 3.63) is 0 Å². The maximum atomic E-state index is 12.5. The van der Waals surface area contributed by atoms with Crippen LogP contribution in [-0.4, -0.2) is 23.9 Å². The number of rotatable bonds is 5. The van der Waals surface area contributed by atoms with Crippen molar-refractivity contribution in [2.24, 2.45) is 52.3 Å². The number of carbonyl (C=O) groups excluding carboxylic acids is 1. The summed E-state index contributed by atoms with van der Waals surface area (Å²) in [4.78, 5) is 14.6. The third-order valence-corrected chi connectivity index (χ3v) is 11.1. The summed E-state index contributed by atoms with van der Waals surface area (Å²) in [5.74, 6) is 6.46. The summed E-state index contributed by atoms with van der Waals surface area (Å²) in [6.07, 6.45) is 13.2. The molecular weight excluding hydrogens is 366 g/mol. The lowest BCUT2D eigenvalue weighted by Crippen LogP contribution is -2.63. The van der Waals surface area contributed by atoms with Gasteiger partial charge < -0.3 is 4.90 Å². The monoisotopic (exact) mass is 415 g/mol. The van der Waals surface area contributed by atoms with Gasteiger partial charge in [0.25, 0.3) is 0 Å². The van der Waals surface area contributed by atoms with Crippen LogP contribution in [0.5, 0.6) is 0 Å². The van der Waals surface area contributed by atoms with Crippen LogP contribution in [0.4, 0.5) is 0 Å². The standard InChI is InChI=1S/C28H49NO/c1-18(2)9-8-10-19(3)21-11-12-22-26-20(4)17-24-28(6,16-14-25(30)29(24)7)23(26)13-15-27(21,22)5/h18-24,26H,8-17H2,1-7H3/t19-,20-,21+,22-,23-,24+,26-,27+,28+/m0/s1. The molecule has 30 heavy (non-hydrogen) atoms. The van der Waals surface area contributed by atoms with Crippen LogP contribution < -0.4 is 0 Å². The van der Waals surface area contributed by atoms with Gasteiger partial charge in [0, 0.05) is 19.5 Å². The Kier molecular flexibility index (Phi) is 6.12.